The van der Waals surface area contributed by atoms with Gasteiger partial charge in [0.05, 0.1) is 6.54 Å². The fourth-order valence-electron chi connectivity index (χ4n) is 1.52. The van der Waals surface area contributed by atoms with E-state index in [-0.39, 0.29) is 6.54 Å². The average Bonchev–Trinajstić information content (AvgIpc) is 2.70. The molecule has 0 saturated carbocycles. The SMILES string of the molecule is FC(F)(F)CNCCc1ccc2ncoc2c1. The van der Waals surface area contributed by atoms with E-state index in [2.05, 4.69) is 10.3 Å². The van der Waals surface area contributed by atoms with Crippen LogP contribution in [0.1, 0.15) is 5.56 Å². The molecule has 2 rings (SSSR count). The predicted molar refractivity (Wildman–Crippen MR) is 56.6 cm³/mol. The molecule has 0 atom stereocenters. The largest absolute Gasteiger partial charge is 0.443 e. The summed E-state index contributed by atoms with van der Waals surface area (Å²) >= 11 is 0. The number of hydrogen-bond acceptors (Lipinski definition) is 3. The number of fused-ring (bicyclic) bond motifs is 1. The molecule has 0 unspecified atom stereocenters. The molecule has 0 saturated heterocycles. The summed E-state index contributed by atoms with van der Waals surface area (Å²) < 4.78 is 40.7. The van der Waals surface area contributed by atoms with Crippen molar-refractivity contribution in [2.75, 3.05) is 13.1 Å². The van der Waals surface area contributed by atoms with Crippen LogP contribution >= 0.6 is 0 Å². The van der Waals surface area contributed by atoms with Crippen molar-refractivity contribution in [2.45, 2.75) is 12.6 Å². The number of nitrogens with zero attached hydrogens (tertiary/aromatic N) is 1. The van der Waals surface area contributed by atoms with Crippen LogP contribution in [0.25, 0.3) is 11.1 Å². The Morgan fingerprint density at radius 2 is 2.12 bits per heavy atom. The summed E-state index contributed by atoms with van der Waals surface area (Å²) in [5.74, 6) is 0. The van der Waals surface area contributed by atoms with Crippen LogP contribution in [0.3, 0.4) is 0 Å². The van der Waals surface area contributed by atoms with Gasteiger partial charge in [-0.2, -0.15) is 13.2 Å². The molecule has 92 valence electrons. The van der Waals surface area contributed by atoms with E-state index >= 15 is 0 Å². The molecule has 1 heterocycles. The Kier molecular flexibility index (Phi) is 3.33. The van der Waals surface area contributed by atoms with E-state index in [9.17, 15) is 13.2 Å². The lowest BCUT2D eigenvalue weighted by Gasteiger charge is -2.07. The maximum atomic E-state index is 11.9. The normalized spacial score (nSPS) is 12.2. The van der Waals surface area contributed by atoms with E-state index < -0.39 is 12.7 Å². The third-order valence-corrected chi connectivity index (χ3v) is 2.31. The van der Waals surface area contributed by atoms with Crippen LogP contribution in [0.4, 0.5) is 13.2 Å². The van der Waals surface area contributed by atoms with Crippen LogP contribution in [0.5, 0.6) is 0 Å². The van der Waals surface area contributed by atoms with Gasteiger partial charge in [-0.25, -0.2) is 4.98 Å². The van der Waals surface area contributed by atoms with Gasteiger partial charge in [0.2, 0.25) is 0 Å². The number of aromatic nitrogens is 1. The summed E-state index contributed by atoms with van der Waals surface area (Å²) in [6.45, 7) is -0.684. The number of hydrogen-bond donors (Lipinski definition) is 1. The summed E-state index contributed by atoms with van der Waals surface area (Å²) in [6.07, 6.45) is -2.29. The number of benzene rings is 1. The molecule has 17 heavy (non-hydrogen) atoms. The molecule has 2 aromatic rings. The number of alkyl halides is 3. The van der Waals surface area contributed by atoms with E-state index in [1.807, 2.05) is 6.07 Å². The summed E-state index contributed by atoms with van der Waals surface area (Å²) in [7, 11) is 0. The Labute approximate surface area is 95.6 Å². The average molecular weight is 244 g/mol. The molecule has 1 aromatic carbocycles. The van der Waals surface area contributed by atoms with Gasteiger partial charge in [-0.3, -0.25) is 0 Å². The minimum atomic E-state index is -4.16. The lowest BCUT2D eigenvalue weighted by Crippen LogP contribution is -2.30. The molecule has 0 aliphatic rings. The van der Waals surface area contributed by atoms with Crippen molar-refractivity contribution in [1.29, 1.82) is 0 Å². The van der Waals surface area contributed by atoms with Crippen molar-refractivity contribution < 1.29 is 17.6 Å². The summed E-state index contributed by atoms with van der Waals surface area (Å²) in [5, 5.41) is 2.34. The van der Waals surface area contributed by atoms with Gasteiger partial charge in [0, 0.05) is 0 Å². The second kappa shape index (κ2) is 4.75. The first-order valence-corrected chi connectivity index (χ1v) is 5.14. The number of rotatable bonds is 4. The Bertz CT molecular complexity index is 493. The van der Waals surface area contributed by atoms with E-state index in [1.54, 1.807) is 12.1 Å². The predicted octanol–water partition coefficient (Wildman–Crippen LogP) is 2.52. The fourth-order valence-corrected chi connectivity index (χ4v) is 1.52. The molecule has 0 aliphatic carbocycles. The topological polar surface area (TPSA) is 38.1 Å². The van der Waals surface area contributed by atoms with E-state index in [4.69, 9.17) is 4.42 Å². The lowest BCUT2D eigenvalue weighted by molar-refractivity contribution is -0.124. The standard InChI is InChI=1S/C11H11F3N2O/c12-11(13,14)6-15-4-3-8-1-2-9-10(5-8)17-7-16-9/h1-2,5,7,15H,3-4,6H2. The minimum absolute atomic E-state index is 0.277. The highest BCUT2D eigenvalue weighted by Gasteiger charge is 2.25. The van der Waals surface area contributed by atoms with Crippen molar-refractivity contribution in [1.82, 2.24) is 10.3 Å². The molecular formula is C11H11F3N2O. The van der Waals surface area contributed by atoms with Gasteiger partial charge in [-0.15, -0.1) is 0 Å². The van der Waals surface area contributed by atoms with Crippen LogP contribution in [0.15, 0.2) is 29.0 Å². The first-order valence-electron chi connectivity index (χ1n) is 5.14. The van der Waals surface area contributed by atoms with Crippen molar-refractivity contribution in [3.63, 3.8) is 0 Å². The van der Waals surface area contributed by atoms with Gasteiger partial charge < -0.3 is 9.73 Å². The molecule has 0 spiro atoms. The molecule has 0 fully saturated rings. The Balaban J connectivity index is 1.86. The van der Waals surface area contributed by atoms with Gasteiger partial charge in [-0.1, -0.05) is 6.07 Å². The molecule has 0 bridgehead atoms. The van der Waals surface area contributed by atoms with Crippen molar-refractivity contribution in [3.05, 3.63) is 30.2 Å². The molecule has 6 heteroatoms. The highest BCUT2D eigenvalue weighted by molar-refractivity contribution is 5.72. The molecule has 1 aromatic heterocycles. The van der Waals surface area contributed by atoms with Gasteiger partial charge >= 0.3 is 6.18 Å². The van der Waals surface area contributed by atoms with Crippen LogP contribution in [0.2, 0.25) is 0 Å². The quantitative estimate of drug-likeness (QED) is 0.840. The molecular weight excluding hydrogens is 233 g/mol. The van der Waals surface area contributed by atoms with Gasteiger partial charge in [0.15, 0.2) is 12.0 Å². The maximum absolute atomic E-state index is 11.9. The second-order valence-corrected chi connectivity index (χ2v) is 3.70. The van der Waals surface area contributed by atoms with Gasteiger partial charge in [-0.05, 0) is 30.7 Å². The summed E-state index contributed by atoms with van der Waals surface area (Å²) in [5.41, 5.74) is 2.32. The van der Waals surface area contributed by atoms with E-state index in [0.717, 1.165) is 11.1 Å². The van der Waals surface area contributed by atoms with Crippen LogP contribution in [0, 0.1) is 0 Å². The highest BCUT2D eigenvalue weighted by Crippen LogP contribution is 2.15. The lowest BCUT2D eigenvalue weighted by atomic mass is 10.1. The smallest absolute Gasteiger partial charge is 0.401 e. The van der Waals surface area contributed by atoms with Crippen LogP contribution in [-0.2, 0) is 6.42 Å². The van der Waals surface area contributed by atoms with Crippen LogP contribution < -0.4 is 5.32 Å². The summed E-state index contributed by atoms with van der Waals surface area (Å²) in [4.78, 5) is 3.96. The minimum Gasteiger partial charge on any atom is -0.443 e. The molecule has 0 radical (unpaired) electrons. The number of nitrogens with one attached hydrogen (secondary N) is 1. The third-order valence-electron chi connectivity index (χ3n) is 2.31. The summed E-state index contributed by atoms with van der Waals surface area (Å²) in [6, 6.07) is 5.41. The number of halogens is 3. The Hall–Kier alpha value is -1.56. The molecule has 0 amide bonds. The zero-order valence-electron chi connectivity index (χ0n) is 8.92. The van der Waals surface area contributed by atoms with Crippen molar-refractivity contribution >= 4 is 11.1 Å². The first-order chi connectivity index (χ1) is 8.04. The zero-order chi connectivity index (χ0) is 12.3. The zero-order valence-corrected chi connectivity index (χ0v) is 8.92. The molecule has 1 N–H and O–H groups in total. The molecule has 3 nitrogen and oxygen atoms in total. The van der Waals surface area contributed by atoms with Crippen LogP contribution in [-0.4, -0.2) is 24.2 Å². The monoisotopic (exact) mass is 244 g/mol. The van der Waals surface area contributed by atoms with Gasteiger partial charge in [0.1, 0.15) is 5.52 Å². The van der Waals surface area contributed by atoms with E-state index in [1.165, 1.54) is 6.39 Å². The van der Waals surface area contributed by atoms with Gasteiger partial charge in [0.25, 0.3) is 0 Å². The van der Waals surface area contributed by atoms with Crippen molar-refractivity contribution in [2.24, 2.45) is 0 Å². The highest BCUT2D eigenvalue weighted by atomic mass is 19.4. The first kappa shape index (κ1) is 11.9. The Morgan fingerprint density at radius 1 is 1.29 bits per heavy atom. The maximum Gasteiger partial charge on any atom is 0.401 e. The fraction of sp³-hybridized carbons (Fsp3) is 0.364. The van der Waals surface area contributed by atoms with Crippen molar-refractivity contribution in [3.8, 4) is 0 Å². The molecule has 0 aliphatic heterocycles. The third kappa shape index (κ3) is 3.45. The van der Waals surface area contributed by atoms with E-state index in [0.29, 0.717) is 12.0 Å². The second-order valence-electron chi connectivity index (χ2n) is 3.70. The Morgan fingerprint density at radius 3 is 2.88 bits per heavy atom. The number of oxazole rings is 1.